The van der Waals surface area contributed by atoms with Crippen molar-refractivity contribution < 1.29 is 27.1 Å². The van der Waals surface area contributed by atoms with Crippen LogP contribution in [0.15, 0.2) is 36.5 Å². The number of rotatable bonds is 8. The lowest BCUT2D eigenvalue weighted by Gasteiger charge is -2.26. The molecular formula is C21H28FN5O5S. The molecule has 2 aromatic rings. The van der Waals surface area contributed by atoms with Crippen molar-refractivity contribution in [3.05, 3.63) is 48.0 Å². The second-order valence-corrected chi connectivity index (χ2v) is 9.98. The lowest BCUT2D eigenvalue weighted by atomic mass is 10.2. The molecule has 1 saturated heterocycles. The number of pyridine rings is 1. The normalized spacial score (nSPS) is 19.0. The van der Waals surface area contributed by atoms with E-state index in [0.29, 0.717) is 12.1 Å². The van der Waals surface area contributed by atoms with E-state index in [1.54, 1.807) is 12.1 Å². The number of hydrogen-bond acceptors (Lipinski definition) is 6. The van der Waals surface area contributed by atoms with Crippen molar-refractivity contribution in [1.29, 1.82) is 0 Å². The van der Waals surface area contributed by atoms with Crippen molar-refractivity contribution in [2.75, 3.05) is 45.0 Å². The zero-order chi connectivity index (χ0) is 24.2. The molecule has 2 N–H and O–H groups in total. The van der Waals surface area contributed by atoms with Crippen molar-refractivity contribution in [2.24, 2.45) is 0 Å². The Labute approximate surface area is 192 Å². The van der Waals surface area contributed by atoms with Gasteiger partial charge in [0.15, 0.2) is 0 Å². The molecule has 0 bridgehead atoms. The first kappa shape index (κ1) is 24.8. The number of carbonyl (C=O) groups excluding carboxylic acids is 1. The van der Waals surface area contributed by atoms with E-state index in [2.05, 4.69) is 15.6 Å². The molecule has 1 aliphatic rings. The van der Waals surface area contributed by atoms with Gasteiger partial charge in [0.1, 0.15) is 17.7 Å². The molecule has 0 aliphatic carbocycles. The highest BCUT2D eigenvalue weighted by Gasteiger charge is 2.41. The largest absolute Gasteiger partial charge is 0.489 e. The van der Waals surface area contributed by atoms with Gasteiger partial charge in [0.25, 0.3) is 10.2 Å². The summed E-state index contributed by atoms with van der Waals surface area (Å²) in [6, 6.07) is 6.29. The summed E-state index contributed by atoms with van der Waals surface area (Å²) >= 11 is 0. The number of anilines is 2. The minimum atomic E-state index is -3.68. The summed E-state index contributed by atoms with van der Waals surface area (Å²) in [4.78, 5) is 16.4. The van der Waals surface area contributed by atoms with Crippen LogP contribution >= 0.6 is 0 Å². The number of aryl methyl sites for hydroxylation is 1. The van der Waals surface area contributed by atoms with Gasteiger partial charge in [-0.05, 0) is 25.1 Å². The first-order valence-electron chi connectivity index (χ1n) is 10.2. The Morgan fingerprint density at radius 3 is 2.61 bits per heavy atom. The van der Waals surface area contributed by atoms with Gasteiger partial charge in [0, 0.05) is 51.1 Å². The van der Waals surface area contributed by atoms with Crippen molar-refractivity contribution in [3.63, 3.8) is 0 Å². The zero-order valence-corrected chi connectivity index (χ0v) is 19.7. The maximum Gasteiger partial charge on any atom is 0.323 e. The van der Waals surface area contributed by atoms with E-state index in [1.807, 2.05) is 6.92 Å². The lowest BCUT2D eigenvalue weighted by Crippen LogP contribution is -2.44. The smallest absolute Gasteiger partial charge is 0.323 e. The third-order valence-electron chi connectivity index (χ3n) is 5.04. The average Bonchev–Trinajstić information content (AvgIpc) is 3.12. The fourth-order valence-corrected chi connectivity index (χ4v) is 4.80. The molecule has 0 radical (unpaired) electrons. The molecule has 0 unspecified atom stereocenters. The summed E-state index contributed by atoms with van der Waals surface area (Å²) in [6.07, 6.45) is 1.38. The average molecular weight is 482 g/mol. The summed E-state index contributed by atoms with van der Waals surface area (Å²) in [7, 11) is 0.729. The van der Waals surface area contributed by atoms with Gasteiger partial charge in [-0.25, -0.2) is 9.18 Å². The Morgan fingerprint density at radius 1 is 1.24 bits per heavy atom. The first-order chi connectivity index (χ1) is 15.6. The molecule has 0 spiro atoms. The quantitative estimate of drug-likeness (QED) is 0.599. The van der Waals surface area contributed by atoms with E-state index in [1.165, 1.54) is 43.8 Å². The molecule has 10 nitrogen and oxygen atoms in total. The van der Waals surface area contributed by atoms with Crippen LogP contribution in [0.25, 0.3) is 0 Å². The van der Waals surface area contributed by atoms with Gasteiger partial charge >= 0.3 is 6.03 Å². The summed E-state index contributed by atoms with van der Waals surface area (Å²) in [5.41, 5.74) is 1.49. The van der Waals surface area contributed by atoms with Crippen LogP contribution in [0, 0.1) is 12.7 Å². The van der Waals surface area contributed by atoms with Crippen LogP contribution in [0.4, 0.5) is 20.6 Å². The van der Waals surface area contributed by atoms with Gasteiger partial charge in [-0.15, -0.1) is 0 Å². The molecule has 3 rings (SSSR count). The van der Waals surface area contributed by atoms with E-state index in [-0.39, 0.29) is 24.6 Å². The van der Waals surface area contributed by atoms with Crippen molar-refractivity contribution >= 4 is 27.6 Å². The van der Waals surface area contributed by atoms with Crippen LogP contribution in [0.1, 0.15) is 12.1 Å². The van der Waals surface area contributed by atoms with Gasteiger partial charge in [0.2, 0.25) is 0 Å². The van der Waals surface area contributed by atoms with Crippen molar-refractivity contribution in [2.45, 2.75) is 25.5 Å². The highest BCUT2D eigenvalue weighted by atomic mass is 32.2. The molecule has 2 amide bonds. The Balaban J connectivity index is 1.69. The van der Waals surface area contributed by atoms with Crippen LogP contribution in [0.3, 0.4) is 0 Å². The molecule has 180 valence electrons. The molecule has 33 heavy (non-hydrogen) atoms. The number of benzene rings is 1. The van der Waals surface area contributed by atoms with Crippen LogP contribution in [-0.4, -0.2) is 74.5 Å². The van der Waals surface area contributed by atoms with Gasteiger partial charge < -0.3 is 20.1 Å². The molecule has 1 aromatic heterocycles. The number of amides is 2. The Kier molecular flexibility index (Phi) is 7.84. The Bertz CT molecular complexity index is 1080. The molecular weight excluding hydrogens is 453 g/mol. The number of nitrogens with zero attached hydrogens (tertiary/aromatic N) is 3. The highest BCUT2D eigenvalue weighted by Crippen LogP contribution is 2.28. The van der Waals surface area contributed by atoms with Crippen molar-refractivity contribution in [1.82, 2.24) is 13.6 Å². The zero-order valence-electron chi connectivity index (χ0n) is 18.9. The third-order valence-corrected chi connectivity index (χ3v) is 7.01. The standard InChI is InChI=1S/C21H28FN5O5S/c1-14-5-6-16(11-23-14)24-21(28)25-17-7-15(22)8-19(9-17)32-20-10-18(13-31-4)27(12-20)33(29,30)26(2)3/h5-9,11,18,20H,10,12-13H2,1-4H3,(H2,24,25,28)/t18-,20+/m0/s1. The summed E-state index contributed by atoms with van der Waals surface area (Å²) in [5, 5.41) is 5.17. The van der Waals surface area contributed by atoms with Crippen LogP contribution in [0.2, 0.25) is 0 Å². The number of halogens is 1. The number of hydrogen-bond donors (Lipinski definition) is 2. The maximum absolute atomic E-state index is 14.2. The van der Waals surface area contributed by atoms with Crippen LogP contribution in [0.5, 0.6) is 5.75 Å². The molecule has 12 heteroatoms. The fraction of sp³-hybridized carbons (Fsp3) is 0.429. The molecule has 2 heterocycles. The minimum Gasteiger partial charge on any atom is -0.489 e. The maximum atomic E-state index is 14.2. The molecule has 1 fully saturated rings. The first-order valence-corrected chi connectivity index (χ1v) is 11.6. The van der Waals surface area contributed by atoms with Gasteiger partial charge in [-0.1, -0.05) is 0 Å². The monoisotopic (exact) mass is 481 g/mol. The number of nitrogens with one attached hydrogen (secondary N) is 2. The van der Waals surface area contributed by atoms with Crippen LogP contribution in [-0.2, 0) is 14.9 Å². The van der Waals surface area contributed by atoms with E-state index in [9.17, 15) is 17.6 Å². The summed E-state index contributed by atoms with van der Waals surface area (Å²) < 4.78 is 53.0. The SMILES string of the molecule is COC[C@@H]1C[C@@H](Oc2cc(F)cc(NC(=O)Nc3ccc(C)nc3)c2)CN1S(=O)(=O)N(C)C. The molecule has 0 saturated carbocycles. The molecule has 1 aliphatic heterocycles. The number of methoxy groups -OCH3 is 1. The van der Waals surface area contributed by atoms with E-state index in [4.69, 9.17) is 9.47 Å². The Hall–Kier alpha value is -2.80. The van der Waals surface area contributed by atoms with E-state index < -0.39 is 34.2 Å². The Morgan fingerprint density at radius 2 is 1.97 bits per heavy atom. The number of carbonyl (C=O) groups is 1. The summed E-state index contributed by atoms with van der Waals surface area (Å²) in [6.45, 7) is 2.13. The van der Waals surface area contributed by atoms with Crippen molar-refractivity contribution in [3.8, 4) is 5.75 Å². The van der Waals surface area contributed by atoms with Crippen LogP contribution < -0.4 is 15.4 Å². The topological polar surface area (TPSA) is 113 Å². The van der Waals surface area contributed by atoms with Gasteiger partial charge in [-0.2, -0.15) is 17.0 Å². The second kappa shape index (κ2) is 10.4. The van der Waals surface area contributed by atoms with Gasteiger partial charge in [0.05, 0.1) is 31.1 Å². The van der Waals surface area contributed by atoms with E-state index >= 15 is 0 Å². The molecule has 2 atom stereocenters. The predicted molar refractivity (Wildman–Crippen MR) is 122 cm³/mol. The fourth-order valence-electron chi connectivity index (χ4n) is 3.50. The third kappa shape index (κ3) is 6.38. The number of aromatic nitrogens is 1. The number of ether oxygens (including phenoxy) is 2. The number of urea groups is 1. The van der Waals surface area contributed by atoms with Gasteiger partial charge in [-0.3, -0.25) is 4.98 Å². The summed E-state index contributed by atoms with van der Waals surface area (Å²) in [5.74, 6) is -0.434. The van der Waals surface area contributed by atoms with E-state index in [0.717, 1.165) is 16.1 Å². The second-order valence-electron chi connectivity index (χ2n) is 7.89. The minimum absolute atomic E-state index is 0.0920. The molecule has 1 aromatic carbocycles. The highest BCUT2D eigenvalue weighted by molar-refractivity contribution is 7.86. The lowest BCUT2D eigenvalue weighted by molar-refractivity contribution is 0.145. The predicted octanol–water partition coefficient (Wildman–Crippen LogP) is 2.45.